The number of nitrogens with two attached hydrogens (primary N) is 1. The molecule has 8 heteroatoms. The second-order valence-corrected chi connectivity index (χ2v) is 7.02. The molecule has 28 heavy (non-hydrogen) atoms. The van der Waals surface area contributed by atoms with E-state index in [9.17, 15) is 14.4 Å². The van der Waals surface area contributed by atoms with Gasteiger partial charge in [-0.05, 0) is 17.9 Å². The highest BCUT2D eigenvalue weighted by atomic mass is 16.5. The molecule has 0 saturated carbocycles. The van der Waals surface area contributed by atoms with Crippen molar-refractivity contribution in [2.75, 3.05) is 30.9 Å². The van der Waals surface area contributed by atoms with E-state index in [0.717, 1.165) is 5.56 Å². The molecule has 0 aliphatic rings. The summed E-state index contributed by atoms with van der Waals surface area (Å²) in [6, 6.07) is 9.61. The van der Waals surface area contributed by atoms with Gasteiger partial charge in [0, 0.05) is 26.6 Å². The molecule has 0 aliphatic carbocycles. The molecule has 0 saturated heterocycles. The van der Waals surface area contributed by atoms with E-state index in [1.54, 1.807) is 0 Å². The van der Waals surface area contributed by atoms with Crippen LogP contribution in [0.4, 0.5) is 11.5 Å². The van der Waals surface area contributed by atoms with E-state index in [-0.39, 0.29) is 42.9 Å². The Bertz CT molecular complexity index is 903. The highest BCUT2D eigenvalue weighted by molar-refractivity contribution is 5.95. The Morgan fingerprint density at radius 1 is 1.25 bits per heavy atom. The molecule has 0 bridgehead atoms. The molecule has 1 aromatic heterocycles. The van der Waals surface area contributed by atoms with Gasteiger partial charge in [-0.3, -0.25) is 19.1 Å². The lowest BCUT2D eigenvalue weighted by atomic mass is 10.1. The topological polar surface area (TPSA) is 110 Å². The first kappa shape index (κ1) is 21.4. The second-order valence-electron chi connectivity index (χ2n) is 7.02. The maximum Gasteiger partial charge on any atom is 0.330 e. The number of aryl methyl sites for hydroxylation is 1. The smallest absolute Gasteiger partial charge is 0.330 e. The van der Waals surface area contributed by atoms with Crippen LogP contribution in [0.25, 0.3) is 0 Å². The zero-order chi connectivity index (χ0) is 20.7. The van der Waals surface area contributed by atoms with Gasteiger partial charge in [0.25, 0.3) is 5.56 Å². The molecule has 1 amide bonds. The number of aromatic amines is 1. The lowest BCUT2D eigenvalue weighted by Crippen LogP contribution is -2.43. The van der Waals surface area contributed by atoms with Crippen molar-refractivity contribution in [3.05, 3.63) is 56.7 Å². The highest BCUT2D eigenvalue weighted by Gasteiger charge is 2.24. The average molecular weight is 388 g/mol. The Hall–Kier alpha value is -2.87. The van der Waals surface area contributed by atoms with E-state index in [1.165, 1.54) is 16.6 Å². The van der Waals surface area contributed by atoms with E-state index < -0.39 is 11.2 Å². The van der Waals surface area contributed by atoms with Crippen molar-refractivity contribution >= 4 is 17.4 Å². The molecule has 8 nitrogen and oxygen atoms in total. The first-order valence-corrected chi connectivity index (χ1v) is 9.31. The summed E-state index contributed by atoms with van der Waals surface area (Å²) in [5.74, 6) is -0.126. The molecule has 0 fully saturated rings. The molecule has 1 heterocycles. The van der Waals surface area contributed by atoms with E-state index in [4.69, 9.17) is 10.5 Å². The summed E-state index contributed by atoms with van der Waals surface area (Å²) >= 11 is 0. The Balaban J connectivity index is 2.37. The Morgan fingerprint density at radius 2 is 1.93 bits per heavy atom. The normalized spacial score (nSPS) is 11.0. The van der Waals surface area contributed by atoms with Gasteiger partial charge in [0.15, 0.2) is 5.69 Å². The Morgan fingerprint density at radius 3 is 2.54 bits per heavy atom. The monoisotopic (exact) mass is 388 g/mol. The molecular formula is C20H28N4O4. The lowest BCUT2D eigenvalue weighted by Gasteiger charge is -2.24. The minimum atomic E-state index is -0.674. The number of hydrogen-bond acceptors (Lipinski definition) is 5. The molecule has 2 rings (SSSR count). The number of aromatic nitrogens is 2. The number of ether oxygens (including phenoxy) is 1. The van der Waals surface area contributed by atoms with Crippen LogP contribution >= 0.6 is 0 Å². The quantitative estimate of drug-likeness (QED) is 0.674. The third-order valence-electron chi connectivity index (χ3n) is 4.32. The summed E-state index contributed by atoms with van der Waals surface area (Å²) in [6.07, 6.45) is 0.739. The van der Waals surface area contributed by atoms with Crippen molar-refractivity contribution in [2.24, 2.45) is 5.92 Å². The second kappa shape index (κ2) is 9.89. The minimum Gasteiger partial charge on any atom is -0.383 e. The standard InChI is InChI=1S/C20H28N4O4/c1-14(2)13-24-18(21)17(19(26)22-20(24)27)23(11-12-28-3)16(25)10-9-15-7-5-4-6-8-15/h4-8,14H,9-13,21H2,1-3H3,(H,22,26,27). The van der Waals surface area contributed by atoms with Gasteiger partial charge in [0.2, 0.25) is 5.91 Å². The summed E-state index contributed by atoms with van der Waals surface area (Å²) in [5.41, 5.74) is 5.92. The van der Waals surface area contributed by atoms with Crippen LogP contribution in [-0.2, 0) is 22.5 Å². The van der Waals surface area contributed by atoms with Crippen molar-refractivity contribution < 1.29 is 9.53 Å². The largest absolute Gasteiger partial charge is 0.383 e. The van der Waals surface area contributed by atoms with Crippen LogP contribution in [0, 0.1) is 5.92 Å². The molecule has 1 aromatic carbocycles. The molecule has 0 radical (unpaired) electrons. The van der Waals surface area contributed by atoms with E-state index in [2.05, 4.69) is 4.98 Å². The number of carbonyl (C=O) groups is 1. The number of nitrogens with zero attached hydrogens (tertiary/aromatic N) is 2. The third kappa shape index (κ3) is 5.32. The number of anilines is 2. The van der Waals surface area contributed by atoms with Gasteiger partial charge in [-0.1, -0.05) is 44.2 Å². The van der Waals surface area contributed by atoms with Crippen LogP contribution in [0.3, 0.4) is 0 Å². The Labute approximate surface area is 163 Å². The van der Waals surface area contributed by atoms with Gasteiger partial charge in [0.05, 0.1) is 6.61 Å². The fraction of sp³-hybridized carbons (Fsp3) is 0.450. The number of benzene rings is 1. The first-order valence-electron chi connectivity index (χ1n) is 9.31. The third-order valence-corrected chi connectivity index (χ3v) is 4.32. The van der Waals surface area contributed by atoms with E-state index in [0.29, 0.717) is 13.0 Å². The van der Waals surface area contributed by atoms with Crippen molar-refractivity contribution in [1.29, 1.82) is 0 Å². The van der Waals surface area contributed by atoms with Crippen LogP contribution in [0.1, 0.15) is 25.8 Å². The number of rotatable bonds is 9. The maximum absolute atomic E-state index is 12.9. The molecule has 0 aliphatic heterocycles. The van der Waals surface area contributed by atoms with Gasteiger partial charge in [0.1, 0.15) is 5.82 Å². The summed E-state index contributed by atoms with van der Waals surface area (Å²) < 4.78 is 6.39. The summed E-state index contributed by atoms with van der Waals surface area (Å²) in [7, 11) is 1.51. The van der Waals surface area contributed by atoms with Crippen molar-refractivity contribution in [3.63, 3.8) is 0 Å². The van der Waals surface area contributed by atoms with Crippen LogP contribution in [0.5, 0.6) is 0 Å². The molecular weight excluding hydrogens is 360 g/mol. The number of methoxy groups -OCH3 is 1. The van der Waals surface area contributed by atoms with Crippen molar-refractivity contribution in [1.82, 2.24) is 9.55 Å². The van der Waals surface area contributed by atoms with Gasteiger partial charge in [-0.2, -0.15) is 0 Å². The first-order chi connectivity index (χ1) is 13.3. The molecule has 0 unspecified atom stereocenters. The number of amides is 1. The van der Waals surface area contributed by atoms with Crippen LogP contribution in [-0.4, -0.2) is 35.7 Å². The number of hydrogen-bond donors (Lipinski definition) is 2. The van der Waals surface area contributed by atoms with Crippen LogP contribution in [0.15, 0.2) is 39.9 Å². The zero-order valence-electron chi connectivity index (χ0n) is 16.6. The average Bonchev–Trinajstić information content (AvgIpc) is 2.66. The van der Waals surface area contributed by atoms with Gasteiger partial charge in [-0.15, -0.1) is 0 Å². The maximum atomic E-state index is 12.9. The number of H-pyrrole nitrogens is 1. The molecule has 152 valence electrons. The predicted molar refractivity (Wildman–Crippen MR) is 110 cm³/mol. The van der Waals surface area contributed by atoms with E-state index >= 15 is 0 Å². The Kier molecular flexibility index (Phi) is 7.57. The van der Waals surface area contributed by atoms with Gasteiger partial charge < -0.3 is 15.4 Å². The van der Waals surface area contributed by atoms with Crippen LogP contribution in [0.2, 0.25) is 0 Å². The molecule has 3 N–H and O–H groups in total. The zero-order valence-corrected chi connectivity index (χ0v) is 16.6. The fourth-order valence-corrected chi connectivity index (χ4v) is 2.96. The van der Waals surface area contributed by atoms with Gasteiger partial charge in [-0.25, -0.2) is 4.79 Å². The van der Waals surface area contributed by atoms with Crippen LogP contribution < -0.4 is 21.9 Å². The van der Waals surface area contributed by atoms with E-state index in [1.807, 2.05) is 44.2 Å². The number of nitrogen functional groups attached to an aromatic ring is 1. The van der Waals surface area contributed by atoms with Crippen molar-refractivity contribution in [3.8, 4) is 0 Å². The SMILES string of the molecule is COCCN(C(=O)CCc1ccccc1)c1c(N)n(CC(C)C)c(=O)[nH]c1=O. The number of nitrogens with one attached hydrogen (secondary N) is 1. The minimum absolute atomic E-state index is 0.00429. The summed E-state index contributed by atoms with van der Waals surface area (Å²) in [4.78, 5) is 41.2. The lowest BCUT2D eigenvalue weighted by molar-refractivity contribution is -0.118. The summed E-state index contributed by atoms with van der Waals surface area (Å²) in [5, 5.41) is 0. The summed E-state index contributed by atoms with van der Waals surface area (Å²) in [6.45, 7) is 4.61. The van der Waals surface area contributed by atoms with Gasteiger partial charge >= 0.3 is 5.69 Å². The predicted octanol–water partition coefficient (Wildman–Crippen LogP) is 1.39. The molecule has 0 atom stereocenters. The number of carbonyl (C=O) groups excluding carboxylic acids is 1. The fourth-order valence-electron chi connectivity index (χ4n) is 2.96. The molecule has 2 aromatic rings. The highest BCUT2D eigenvalue weighted by Crippen LogP contribution is 2.19. The van der Waals surface area contributed by atoms with Crippen molar-refractivity contribution in [2.45, 2.75) is 33.2 Å². The molecule has 0 spiro atoms.